The van der Waals surface area contributed by atoms with Crippen LogP contribution in [0.2, 0.25) is 0 Å². The second-order valence-electron chi connectivity index (χ2n) is 4.00. The third-order valence-electron chi connectivity index (χ3n) is 2.78. The Bertz CT molecular complexity index is 160. The summed E-state index contributed by atoms with van der Waals surface area (Å²) >= 11 is 0. The molecule has 0 radical (unpaired) electrons. The number of hydrogen-bond donors (Lipinski definition) is 1. The quantitative estimate of drug-likeness (QED) is 0.500. The molecule has 0 aliphatic heterocycles. The highest BCUT2D eigenvalue weighted by Gasteiger charge is 2.25. The molecule has 1 aliphatic rings. The first kappa shape index (κ1) is 9.61. The highest BCUT2D eigenvalue weighted by atomic mass is 15.0. The third kappa shape index (κ3) is 2.87. The van der Waals surface area contributed by atoms with Gasteiger partial charge in [0.15, 0.2) is 0 Å². The third-order valence-corrected chi connectivity index (χ3v) is 2.78. The van der Waals surface area contributed by atoms with E-state index in [0.29, 0.717) is 5.54 Å². The van der Waals surface area contributed by atoms with E-state index in [1.807, 2.05) is 0 Å². The fourth-order valence-corrected chi connectivity index (χ4v) is 1.95. The molecule has 1 aliphatic carbocycles. The van der Waals surface area contributed by atoms with Crippen LogP contribution in [-0.2, 0) is 0 Å². The Morgan fingerprint density at radius 3 is 2.58 bits per heavy atom. The smallest absolute Gasteiger partial charge is 0.0212 e. The Labute approximate surface area is 75.9 Å². The van der Waals surface area contributed by atoms with E-state index >= 15 is 0 Å². The summed E-state index contributed by atoms with van der Waals surface area (Å²) in [6, 6.07) is 0. The van der Waals surface area contributed by atoms with Gasteiger partial charge < -0.3 is 5.32 Å². The lowest BCUT2D eigenvalue weighted by Gasteiger charge is -2.34. The van der Waals surface area contributed by atoms with Crippen molar-refractivity contribution in [3.63, 3.8) is 0 Å². The molecular weight excluding hydrogens is 146 g/mol. The Morgan fingerprint density at radius 2 is 2.00 bits per heavy atom. The van der Waals surface area contributed by atoms with Crippen LogP contribution < -0.4 is 5.32 Å². The summed E-state index contributed by atoms with van der Waals surface area (Å²) in [6.45, 7) is 3.30. The van der Waals surface area contributed by atoms with Crippen LogP contribution >= 0.6 is 0 Å². The summed E-state index contributed by atoms with van der Waals surface area (Å²) in [4.78, 5) is 0. The summed E-state index contributed by atoms with van der Waals surface area (Å²) in [7, 11) is 0. The van der Waals surface area contributed by atoms with Gasteiger partial charge in [0.2, 0.25) is 0 Å². The van der Waals surface area contributed by atoms with Gasteiger partial charge in [0, 0.05) is 18.5 Å². The molecule has 0 heterocycles. The van der Waals surface area contributed by atoms with Crippen molar-refractivity contribution in [3.8, 4) is 12.3 Å². The summed E-state index contributed by atoms with van der Waals surface area (Å²) in [5, 5.41) is 3.56. The average molecular weight is 165 g/mol. The molecule has 0 atom stereocenters. The predicted molar refractivity (Wildman–Crippen MR) is 52.9 cm³/mol. The Morgan fingerprint density at radius 1 is 1.33 bits per heavy atom. The van der Waals surface area contributed by atoms with Crippen molar-refractivity contribution in [2.45, 2.75) is 51.0 Å². The van der Waals surface area contributed by atoms with Crippen LogP contribution in [0, 0.1) is 12.3 Å². The van der Waals surface area contributed by atoms with Gasteiger partial charge in [0.25, 0.3) is 0 Å². The molecule has 1 fully saturated rings. The fraction of sp³-hybridized carbons (Fsp3) is 0.818. The van der Waals surface area contributed by atoms with Crippen molar-refractivity contribution in [2.24, 2.45) is 0 Å². The van der Waals surface area contributed by atoms with Gasteiger partial charge in [-0.1, -0.05) is 19.3 Å². The molecule has 0 spiro atoms. The Balaban J connectivity index is 2.23. The minimum Gasteiger partial charge on any atom is -0.311 e. The van der Waals surface area contributed by atoms with Crippen LogP contribution in [0.25, 0.3) is 0 Å². The maximum absolute atomic E-state index is 5.20. The molecule has 0 aromatic carbocycles. The number of hydrogen-bond acceptors (Lipinski definition) is 1. The van der Waals surface area contributed by atoms with Gasteiger partial charge in [0.1, 0.15) is 0 Å². The molecule has 12 heavy (non-hydrogen) atoms. The molecule has 0 saturated heterocycles. The molecule has 1 rings (SSSR count). The SMILES string of the molecule is C#CCCNC1(C)CCCCC1. The molecule has 0 bridgehead atoms. The zero-order chi connectivity index (χ0) is 8.86. The van der Waals surface area contributed by atoms with E-state index in [1.54, 1.807) is 0 Å². The molecule has 0 aromatic rings. The lowest BCUT2D eigenvalue weighted by atomic mass is 9.83. The van der Waals surface area contributed by atoms with Crippen LogP contribution in [0.1, 0.15) is 45.4 Å². The van der Waals surface area contributed by atoms with Crippen LogP contribution in [0.3, 0.4) is 0 Å². The van der Waals surface area contributed by atoms with Gasteiger partial charge in [0.05, 0.1) is 0 Å². The van der Waals surface area contributed by atoms with E-state index in [-0.39, 0.29) is 0 Å². The summed E-state index contributed by atoms with van der Waals surface area (Å²) in [5.41, 5.74) is 0.384. The minimum absolute atomic E-state index is 0.384. The van der Waals surface area contributed by atoms with Gasteiger partial charge in [-0.15, -0.1) is 12.3 Å². The van der Waals surface area contributed by atoms with Crippen LogP contribution in [0.4, 0.5) is 0 Å². The molecule has 68 valence electrons. The van der Waals surface area contributed by atoms with E-state index in [2.05, 4.69) is 18.2 Å². The van der Waals surface area contributed by atoms with Gasteiger partial charge in [-0.2, -0.15) is 0 Å². The zero-order valence-corrected chi connectivity index (χ0v) is 8.03. The van der Waals surface area contributed by atoms with Crippen LogP contribution in [0.5, 0.6) is 0 Å². The molecule has 0 amide bonds. The van der Waals surface area contributed by atoms with Crippen molar-refractivity contribution >= 4 is 0 Å². The van der Waals surface area contributed by atoms with Crippen molar-refractivity contribution in [3.05, 3.63) is 0 Å². The maximum Gasteiger partial charge on any atom is 0.0212 e. The normalized spacial score (nSPS) is 21.7. The van der Waals surface area contributed by atoms with Crippen molar-refractivity contribution in [1.82, 2.24) is 5.32 Å². The molecule has 1 saturated carbocycles. The topological polar surface area (TPSA) is 12.0 Å². The number of nitrogens with one attached hydrogen (secondary N) is 1. The van der Waals surface area contributed by atoms with E-state index < -0.39 is 0 Å². The average Bonchev–Trinajstić information content (AvgIpc) is 2.06. The standard InChI is InChI=1S/C11H19N/c1-3-4-10-12-11(2)8-6-5-7-9-11/h1,12H,4-10H2,2H3. The largest absolute Gasteiger partial charge is 0.311 e. The summed E-state index contributed by atoms with van der Waals surface area (Å²) in [5.74, 6) is 2.66. The van der Waals surface area contributed by atoms with Gasteiger partial charge in [-0.3, -0.25) is 0 Å². The second-order valence-corrected chi connectivity index (χ2v) is 4.00. The molecule has 0 aromatic heterocycles. The highest BCUT2D eigenvalue weighted by Crippen LogP contribution is 2.27. The highest BCUT2D eigenvalue weighted by molar-refractivity contribution is 4.89. The maximum atomic E-state index is 5.20. The van der Waals surface area contributed by atoms with E-state index in [0.717, 1.165) is 13.0 Å². The lowest BCUT2D eigenvalue weighted by molar-refractivity contribution is 0.257. The zero-order valence-electron chi connectivity index (χ0n) is 8.03. The van der Waals surface area contributed by atoms with Gasteiger partial charge in [-0.05, 0) is 19.8 Å². The van der Waals surface area contributed by atoms with Crippen LogP contribution in [-0.4, -0.2) is 12.1 Å². The number of terminal acetylenes is 1. The first-order valence-electron chi connectivity index (χ1n) is 4.95. The lowest BCUT2D eigenvalue weighted by Crippen LogP contribution is -2.44. The van der Waals surface area contributed by atoms with E-state index in [4.69, 9.17) is 6.42 Å². The van der Waals surface area contributed by atoms with Crippen molar-refractivity contribution in [2.75, 3.05) is 6.54 Å². The predicted octanol–water partition coefficient (Wildman–Crippen LogP) is 2.32. The number of rotatable bonds is 3. The molecule has 1 heteroatoms. The first-order chi connectivity index (χ1) is 5.77. The molecular formula is C11H19N. The van der Waals surface area contributed by atoms with Crippen LogP contribution in [0.15, 0.2) is 0 Å². The molecule has 1 nitrogen and oxygen atoms in total. The summed E-state index contributed by atoms with van der Waals surface area (Å²) in [6.07, 6.45) is 12.8. The van der Waals surface area contributed by atoms with Gasteiger partial charge >= 0.3 is 0 Å². The monoisotopic (exact) mass is 165 g/mol. The summed E-state index contributed by atoms with van der Waals surface area (Å²) < 4.78 is 0. The van der Waals surface area contributed by atoms with Gasteiger partial charge in [-0.25, -0.2) is 0 Å². The second kappa shape index (κ2) is 4.52. The first-order valence-corrected chi connectivity index (χ1v) is 4.95. The minimum atomic E-state index is 0.384. The Hall–Kier alpha value is -0.480. The molecule has 1 N–H and O–H groups in total. The van der Waals surface area contributed by atoms with E-state index in [1.165, 1.54) is 32.1 Å². The van der Waals surface area contributed by atoms with Crippen molar-refractivity contribution in [1.29, 1.82) is 0 Å². The fourth-order valence-electron chi connectivity index (χ4n) is 1.95. The van der Waals surface area contributed by atoms with E-state index in [9.17, 15) is 0 Å². The molecule has 0 unspecified atom stereocenters. The Kier molecular flexibility index (Phi) is 3.62. The van der Waals surface area contributed by atoms with Crippen molar-refractivity contribution < 1.29 is 0 Å².